The average Bonchev–Trinajstić information content (AvgIpc) is 3.18. The molecule has 0 aliphatic heterocycles. The van der Waals surface area contributed by atoms with Crippen molar-refractivity contribution < 1.29 is 31.5 Å². The Morgan fingerprint density at radius 2 is 1.75 bits per heavy atom. The molecule has 2 aromatic carbocycles. The van der Waals surface area contributed by atoms with E-state index in [1.165, 1.54) is 6.20 Å². The first-order valence-electron chi connectivity index (χ1n) is 9.14. The van der Waals surface area contributed by atoms with E-state index in [2.05, 4.69) is 15.6 Å². The van der Waals surface area contributed by atoms with Gasteiger partial charge in [0, 0.05) is 5.02 Å². The number of alkyl halides is 5. The van der Waals surface area contributed by atoms with Crippen LogP contribution in [0.15, 0.2) is 54.7 Å². The van der Waals surface area contributed by atoms with Gasteiger partial charge >= 0.3 is 6.18 Å². The van der Waals surface area contributed by atoms with Gasteiger partial charge in [0.1, 0.15) is 30.6 Å². The maximum Gasteiger partial charge on any atom is 0.416 e. The largest absolute Gasteiger partial charge is 0.487 e. The van der Waals surface area contributed by atoms with Gasteiger partial charge in [-0.2, -0.15) is 13.2 Å². The fourth-order valence-electron chi connectivity index (χ4n) is 2.71. The predicted molar refractivity (Wildman–Crippen MR) is 104 cm³/mol. The Bertz CT molecular complexity index is 1040. The minimum Gasteiger partial charge on any atom is -0.487 e. The lowest BCUT2D eigenvalue weighted by Crippen LogP contribution is -2.35. The highest BCUT2D eigenvalue weighted by atomic mass is 35.5. The predicted octanol–water partition coefficient (Wildman–Crippen LogP) is 4.65. The van der Waals surface area contributed by atoms with E-state index >= 15 is 0 Å². The van der Waals surface area contributed by atoms with E-state index in [4.69, 9.17) is 16.3 Å². The van der Waals surface area contributed by atoms with Crippen LogP contribution in [0.1, 0.15) is 22.9 Å². The monoisotopic (exact) mass is 474 g/mol. The Labute approximate surface area is 183 Å². The van der Waals surface area contributed by atoms with Crippen LogP contribution in [0.2, 0.25) is 5.02 Å². The van der Waals surface area contributed by atoms with E-state index in [-0.39, 0.29) is 12.2 Å². The van der Waals surface area contributed by atoms with E-state index in [1.54, 1.807) is 24.3 Å². The maximum absolute atomic E-state index is 13.4. The Morgan fingerprint density at radius 1 is 1.09 bits per heavy atom. The standard InChI is InChI=1S/C20H16ClF5N4O2/c21-14-5-7-16(8-6-14)32-11-15-9-30(29-28-15)10-17(31)27-18(19(22)23)12-1-3-13(4-2-12)20(24,25)26/h1-9,18-19H,10-11H2,(H,27,31). The Morgan fingerprint density at radius 3 is 2.34 bits per heavy atom. The third kappa shape index (κ3) is 6.39. The molecule has 1 amide bonds. The normalized spacial score (nSPS) is 12.6. The van der Waals surface area contributed by atoms with Crippen molar-refractivity contribution in [2.75, 3.05) is 0 Å². The quantitative estimate of drug-likeness (QED) is 0.482. The number of carbonyl (C=O) groups excluding carboxylic acids is 1. The molecular formula is C20H16ClF5N4O2. The molecule has 32 heavy (non-hydrogen) atoms. The number of hydrogen-bond donors (Lipinski definition) is 1. The molecular weight excluding hydrogens is 459 g/mol. The number of hydrogen-bond acceptors (Lipinski definition) is 4. The van der Waals surface area contributed by atoms with Crippen molar-refractivity contribution >= 4 is 17.5 Å². The van der Waals surface area contributed by atoms with Crippen molar-refractivity contribution in [2.24, 2.45) is 0 Å². The minimum absolute atomic E-state index is 0.0501. The number of amides is 1. The summed E-state index contributed by atoms with van der Waals surface area (Å²) in [4.78, 5) is 12.2. The van der Waals surface area contributed by atoms with Crippen molar-refractivity contribution in [3.8, 4) is 5.75 Å². The molecule has 3 aromatic rings. The Balaban J connectivity index is 1.58. The van der Waals surface area contributed by atoms with Crippen molar-refractivity contribution in [3.63, 3.8) is 0 Å². The zero-order valence-corrected chi connectivity index (χ0v) is 16.9. The third-order valence-corrected chi connectivity index (χ3v) is 4.51. The lowest BCUT2D eigenvalue weighted by atomic mass is 10.0. The average molecular weight is 475 g/mol. The first kappa shape index (κ1) is 23.5. The van der Waals surface area contributed by atoms with Crippen LogP contribution < -0.4 is 10.1 Å². The molecule has 1 N–H and O–H groups in total. The summed E-state index contributed by atoms with van der Waals surface area (Å²) in [6.45, 7) is -0.369. The summed E-state index contributed by atoms with van der Waals surface area (Å²) in [6, 6.07) is 8.01. The summed E-state index contributed by atoms with van der Waals surface area (Å²) in [5.74, 6) is -0.275. The van der Waals surface area contributed by atoms with Gasteiger partial charge in [0.25, 0.3) is 6.43 Å². The van der Waals surface area contributed by atoms with Crippen molar-refractivity contribution in [2.45, 2.75) is 31.8 Å². The number of benzene rings is 2. The molecule has 0 saturated heterocycles. The third-order valence-electron chi connectivity index (χ3n) is 4.26. The Kier molecular flexibility index (Phi) is 7.29. The molecule has 0 radical (unpaired) electrons. The molecule has 1 unspecified atom stereocenters. The van der Waals surface area contributed by atoms with Gasteiger partial charge in [-0.1, -0.05) is 28.9 Å². The minimum atomic E-state index is -4.59. The fraction of sp³-hybridized carbons (Fsp3) is 0.250. The van der Waals surface area contributed by atoms with E-state index in [0.29, 0.717) is 28.6 Å². The van der Waals surface area contributed by atoms with Gasteiger partial charge in [-0.15, -0.1) is 5.10 Å². The topological polar surface area (TPSA) is 69.0 Å². The number of nitrogens with zero attached hydrogens (tertiary/aromatic N) is 3. The summed E-state index contributed by atoms with van der Waals surface area (Å²) in [7, 11) is 0. The van der Waals surface area contributed by atoms with E-state index in [1.807, 2.05) is 0 Å². The molecule has 3 rings (SSSR count). The second-order valence-electron chi connectivity index (χ2n) is 6.65. The Hall–Kier alpha value is -3.21. The lowest BCUT2D eigenvalue weighted by molar-refractivity contribution is -0.137. The van der Waals surface area contributed by atoms with Gasteiger partial charge in [0.15, 0.2) is 0 Å². The van der Waals surface area contributed by atoms with Crippen LogP contribution in [0.3, 0.4) is 0 Å². The molecule has 0 aliphatic carbocycles. The second-order valence-corrected chi connectivity index (χ2v) is 7.09. The maximum atomic E-state index is 13.4. The summed E-state index contributed by atoms with van der Waals surface area (Å²) >= 11 is 5.79. The van der Waals surface area contributed by atoms with Crippen LogP contribution in [0.25, 0.3) is 0 Å². The smallest absolute Gasteiger partial charge is 0.416 e. The van der Waals surface area contributed by atoms with E-state index in [0.717, 1.165) is 16.8 Å². The van der Waals surface area contributed by atoms with Crippen LogP contribution in [0.5, 0.6) is 5.75 Å². The van der Waals surface area contributed by atoms with Crippen LogP contribution >= 0.6 is 11.6 Å². The number of rotatable bonds is 8. The molecule has 0 saturated carbocycles. The van der Waals surface area contributed by atoms with Crippen LogP contribution in [-0.4, -0.2) is 27.3 Å². The molecule has 170 valence electrons. The van der Waals surface area contributed by atoms with Gasteiger partial charge < -0.3 is 10.1 Å². The van der Waals surface area contributed by atoms with Gasteiger partial charge in [0.2, 0.25) is 5.91 Å². The highest BCUT2D eigenvalue weighted by molar-refractivity contribution is 6.30. The number of ether oxygens (including phenoxy) is 1. The van der Waals surface area contributed by atoms with E-state index in [9.17, 15) is 26.7 Å². The highest BCUT2D eigenvalue weighted by Crippen LogP contribution is 2.30. The zero-order chi connectivity index (χ0) is 23.3. The molecule has 6 nitrogen and oxygen atoms in total. The first-order valence-corrected chi connectivity index (χ1v) is 9.51. The lowest BCUT2D eigenvalue weighted by Gasteiger charge is -2.19. The van der Waals surface area contributed by atoms with Crippen LogP contribution in [0.4, 0.5) is 22.0 Å². The molecule has 1 heterocycles. The van der Waals surface area contributed by atoms with Gasteiger partial charge in [-0.25, -0.2) is 13.5 Å². The van der Waals surface area contributed by atoms with Crippen molar-refractivity contribution in [1.82, 2.24) is 20.3 Å². The van der Waals surface area contributed by atoms with Gasteiger partial charge in [-0.05, 0) is 42.0 Å². The first-order chi connectivity index (χ1) is 15.1. The molecule has 1 atom stereocenters. The fourth-order valence-corrected chi connectivity index (χ4v) is 2.83. The number of nitrogens with one attached hydrogen (secondary N) is 1. The SMILES string of the molecule is O=C(Cn1cc(COc2ccc(Cl)cc2)nn1)NC(c1ccc(C(F)(F)F)cc1)C(F)F. The summed E-state index contributed by atoms with van der Waals surface area (Å²) < 4.78 is 71.4. The molecule has 0 spiro atoms. The molecule has 12 heteroatoms. The van der Waals surface area contributed by atoms with Crippen LogP contribution in [0, 0.1) is 0 Å². The van der Waals surface area contributed by atoms with Gasteiger partial charge in [0.05, 0.1) is 11.8 Å². The zero-order valence-electron chi connectivity index (χ0n) is 16.2. The highest BCUT2D eigenvalue weighted by Gasteiger charge is 2.31. The number of carbonyl (C=O) groups is 1. The number of aromatic nitrogens is 3. The van der Waals surface area contributed by atoms with Crippen LogP contribution in [-0.2, 0) is 24.1 Å². The molecule has 0 bridgehead atoms. The number of halogens is 6. The van der Waals surface area contributed by atoms with Gasteiger partial charge in [-0.3, -0.25) is 4.79 Å². The summed E-state index contributed by atoms with van der Waals surface area (Å²) in [5, 5.41) is 10.2. The molecule has 0 fully saturated rings. The van der Waals surface area contributed by atoms with Crippen molar-refractivity contribution in [1.29, 1.82) is 0 Å². The van der Waals surface area contributed by atoms with Crippen molar-refractivity contribution in [3.05, 3.63) is 76.6 Å². The molecule has 0 aliphatic rings. The summed E-state index contributed by atoms with van der Waals surface area (Å²) in [5.41, 5.74) is -0.741. The summed E-state index contributed by atoms with van der Waals surface area (Å²) in [6.07, 6.45) is -6.22. The molecule has 1 aromatic heterocycles. The van der Waals surface area contributed by atoms with E-state index < -0.39 is 36.7 Å². The second kappa shape index (κ2) is 9.94.